The predicted octanol–water partition coefficient (Wildman–Crippen LogP) is 2.48. The first-order chi connectivity index (χ1) is 11.5. The number of morpholine rings is 1. The van der Waals surface area contributed by atoms with E-state index in [4.69, 9.17) is 4.74 Å². The molecule has 1 aromatic carbocycles. The number of hydrogen-bond donors (Lipinski definition) is 0. The third-order valence-corrected chi connectivity index (χ3v) is 4.40. The molecule has 0 bridgehead atoms. The fourth-order valence-electron chi connectivity index (χ4n) is 3.09. The third kappa shape index (κ3) is 3.80. The van der Waals surface area contributed by atoms with Crippen LogP contribution in [0.5, 0.6) is 0 Å². The van der Waals surface area contributed by atoms with E-state index in [1.807, 2.05) is 0 Å². The van der Waals surface area contributed by atoms with Crippen molar-refractivity contribution in [3.05, 3.63) is 57.4 Å². The van der Waals surface area contributed by atoms with Crippen molar-refractivity contribution >= 4 is 5.69 Å². The molecule has 2 aromatic rings. The molecule has 1 aromatic heterocycles. The van der Waals surface area contributed by atoms with Gasteiger partial charge in [0.15, 0.2) is 0 Å². The van der Waals surface area contributed by atoms with Crippen LogP contribution in [0.4, 0.5) is 5.69 Å². The molecule has 0 spiro atoms. The number of rotatable bonds is 5. The van der Waals surface area contributed by atoms with Crippen molar-refractivity contribution in [2.45, 2.75) is 26.5 Å². The quantitative estimate of drug-likeness (QED) is 0.622. The highest BCUT2D eigenvalue weighted by Gasteiger charge is 2.23. The Kier molecular flexibility index (Phi) is 4.92. The second-order valence-corrected chi connectivity index (χ2v) is 6.24. The summed E-state index contributed by atoms with van der Waals surface area (Å²) >= 11 is 0. The maximum absolute atomic E-state index is 10.7. The van der Waals surface area contributed by atoms with E-state index in [1.54, 1.807) is 4.68 Å². The molecule has 1 saturated heterocycles. The molecule has 0 N–H and O–H groups in total. The van der Waals surface area contributed by atoms with E-state index < -0.39 is 4.92 Å². The number of benzene rings is 1. The van der Waals surface area contributed by atoms with Gasteiger partial charge in [-0.3, -0.25) is 19.7 Å². The zero-order valence-electron chi connectivity index (χ0n) is 14.0. The molecule has 0 amide bonds. The molecule has 1 aliphatic heterocycles. The van der Waals surface area contributed by atoms with E-state index in [0.29, 0.717) is 13.2 Å². The average molecular weight is 330 g/mol. The number of ether oxygens (including phenoxy) is 1. The van der Waals surface area contributed by atoms with E-state index >= 15 is 0 Å². The fraction of sp³-hybridized carbons (Fsp3) is 0.471. The maximum atomic E-state index is 10.7. The van der Waals surface area contributed by atoms with Crippen LogP contribution in [-0.4, -0.2) is 45.8 Å². The van der Waals surface area contributed by atoms with Gasteiger partial charge in [-0.15, -0.1) is 0 Å². The normalized spacial score (nSPS) is 18.7. The van der Waals surface area contributed by atoms with Crippen LogP contribution < -0.4 is 0 Å². The summed E-state index contributed by atoms with van der Waals surface area (Å²) in [5.74, 6) is 0. The summed E-state index contributed by atoms with van der Waals surface area (Å²) in [5.41, 5.74) is 3.78. The zero-order chi connectivity index (χ0) is 17.1. The lowest BCUT2D eigenvalue weighted by Crippen LogP contribution is -2.40. The first-order valence-electron chi connectivity index (χ1n) is 8.11. The largest absolute Gasteiger partial charge is 0.371 e. The first kappa shape index (κ1) is 16.6. The van der Waals surface area contributed by atoms with Crippen LogP contribution >= 0.6 is 0 Å². The van der Waals surface area contributed by atoms with Gasteiger partial charge in [-0.05, 0) is 25.0 Å². The Hall–Kier alpha value is -2.25. The van der Waals surface area contributed by atoms with Gasteiger partial charge >= 0.3 is 5.69 Å². The van der Waals surface area contributed by atoms with Gasteiger partial charge < -0.3 is 4.74 Å². The lowest BCUT2D eigenvalue weighted by atomic mass is 10.00. The highest BCUT2D eigenvalue weighted by Crippen LogP contribution is 2.25. The third-order valence-electron chi connectivity index (χ3n) is 4.40. The zero-order valence-corrected chi connectivity index (χ0v) is 14.0. The number of hydrogen-bond acceptors (Lipinski definition) is 5. The van der Waals surface area contributed by atoms with Gasteiger partial charge in [0.1, 0.15) is 12.4 Å². The Morgan fingerprint density at radius 2 is 2.21 bits per heavy atom. The molecule has 7 heteroatoms. The smallest absolute Gasteiger partial charge is 0.306 e. The van der Waals surface area contributed by atoms with Crippen molar-refractivity contribution in [1.29, 1.82) is 0 Å². The van der Waals surface area contributed by atoms with Crippen LogP contribution in [0.3, 0.4) is 0 Å². The van der Waals surface area contributed by atoms with Crippen LogP contribution in [0.2, 0.25) is 0 Å². The highest BCUT2D eigenvalue weighted by molar-refractivity contribution is 5.32. The Morgan fingerprint density at radius 1 is 1.38 bits per heavy atom. The minimum atomic E-state index is -0.422. The Bertz CT molecular complexity index is 728. The molecule has 0 saturated carbocycles. The van der Waals surface area contributed by atoms with Gasteiger partial charge in [0, 0.05) is 19.6 Å². The number of nitro groups is 1. The topological polar surface area (TPSA) is 73.4 Å². The van der Waals surface area contributed by atoms with Crippen LogP contribution in [0.25, 0.3) is 0 Å². The standard InChI is InChI=1S/C17H22N4O3/c1-13-3-4-16(14(2)9-13)17-12-19(7-8-24-17)5-6-20-11-15(10-18-20)21(22)23/h3-4,9-11,17H,5-8,12H2,1-2H3/t17-/m0/s1. The number of aromatic nitrogens is 2. The van der Waals surface area contributed by atoms with Crippen LogP contribution in [-0.2, 0) is 11.3 Å². The molecule has 1 fully saturated rings. The van der Waals surface area contributed by atoms with Crippen molar-refractivity contribution in [2.75, 3.05) is 26.2 Å². The summed E-state index contributed by atoms with van der Waals surface area (Å²) in [7, 11) is 0. The second kappa shape index (κ2) is 7.11. The summed E-state index contributed by atoms with van der Waals surface area (Å²) in [6, 6.07) is 6.45. The number of nitrogens with zero attached hydrogens (tertiary/aromatic N) is 4. The van der Waals surface area contributed by atoms with Crippen LogP contribution in [0.15, 0.2) is 30.6 Å². The Labute approximate surface area is 141 Å². The van der Waals surface area contributed by atoms with E-state index in [9.17, 15) is 10.1 Å². The van der Waals surface area contributed by atoms with Crippen molar-refractivity contribution in [3.63, 3.8) is 0 Å². The Balaban J connectivity index is 1.60. The summed E-state index contributed by atoms with van der Waals surface area (Å²) < 4.78 is 7.57. The van der Waals surface area contributed by atoms with E-state index in [0.717, 1.165) is 19.6 Å². The minimum absolute atomic E-state index is 0.0325. The van der Waals surface area contributed by atoms with Gasteiger partial charge in [-0.2, -0.15) is 5.10 Å². The summed E-state index contributed by atoms with van der Waals surface area (Å²) in [6.07, 6.45) is 2.84. The molecule has 0 aliphatic carbocycles. The summed E-state index contributed by atoms with van der Waals surface area (Å²) in [6.45, 7) is 8.02. The van der Waals surface area contributed by atoms with Gasteiger partial charge in [-0.25, -0.2) is 0 Å². The molecule has 24 heavy (non-hydrogen) atoms. The maximum Gasteiger partial charge on any atom is 0.306 e. The molecule has 1 aliphatic rings. The van der Waals surface area contributed by atoms with Crippen molar-refractivity contribution < 1.29 is 9.66 Å². The van der Waals surface area contributed by atoms with E-state index in [-0.39, 0.29) is 11.8 Å². The molecule has 0 radical (unpaired) electrons. The SMILES string of the molecule is Cc1ccc([C@@H]2CN(CCn3cc([N+](=O)[O-])cn3)CCO2)c(C)c1. The Morgan fingerprint density at radius 3 is 2.92 bits per heavy atom. The molecule has 3 rings (SSSR count). The molecule has 128 valence electrons. The van der Waals surface area contributed by atoms with Crippen LogP contribution in [0.1, 0.15) is 22.8 Å². The first-order valence-corrected chi connectivity index (χ1v) is 8.11. The summed E-state index contributed by atoms with van der Waals surface area (Å²) in [4.78, 5) is 12.6. The van der Waals surface area contributed by atoms with Crippen molar-refractivity contribution in [2.24, 2.45) is 0 Å². The van der Waals surface area contributed by atoms with Gasteiger partial charge in [0.05, 0.1) is 24.2 Å². The van der Waals surface area contributed by atoms with Gasteiger partial charge in [-0.1, -0.05) is 23.8 Å². The summed E-state index contributed by atoms with van der Waals surface area (Å²) in [5, 5.41) is 14.7. The molecular formula is C17H22N4O3. The van der Waals surface area contributed by atoms with Crippen molar-refractivity contribution in [3.8, 4) is 0 Å². The fourth-order valence-corrected chi connectivity index (χ4v) is 3.09. The molecule has 2 heterocycles. The predicted molar refractivity (Wildman–Crippen MR) is 89.9 cm³/mol. The monoisotopic (exact) mass is 330 g/mol. The lowest BCUT2D eigenvalue weighted by Gasteiger charge is -2.33. The molecule has 1 atom stereocenters. The molecule has 7 nitrogen and oxygen atoms in total. The van der Waals surface area contributed by atoms with Gasteiger partial charge in [0.2, 0.25) is 0 Å². The molecular weight excluding hydrogens is 308 g/mol. The second-order valence-electron chi connectivity index (χ2n) is 6.24. The lowest BCUT2D eigenvalue weighted by molar-refractivity contribution is -0.385. The minimum Gasteiger partial charge on any atom is -0.371 e. The van der Waals surface area contributed by atoms with Crippen LogP contribution in [0, 0.1) is 24.0 Å². The van der Waals surface area contributed by atoms with Gasteiger partial charge in [0.25, 0.3) is 0 Å². The highest BCUT2D eigenvalue weighted by atomic mass is 16.6. The van der Waals surface area contributed by atoms with E-state index in [1.165, 1.54) is 29.1 Å². The number of aryl methyl sites for hydroxylation is 2. The van der Waals surface area contributed by atoms with Crippen molar-refractivity contribution in [1.82, 2.24) is 14.7 Å². The average Bonchev–Trinajstić information content (AvgIpc) is 3.02. The van der Waals surface area contributed by atoms with E-state index in [2.05, 4.69) is 42.0 Å². The molecule has 0 unspecified atom stereocenters.